The Kier molecular flexibility index (Phi) is 5.66. The van der Waals surface area contributed by atoms with Crippen molar-refractivity contribution in [2.24, 2.45) is 0 Å². The van der Waals surface area contributed by atoms with Crippen LogP contribution < -0.4 is 10.6 Å². The molecule has 6 heteroatoms. The summed E-state index contributed by atoms with van der Waals surface area (Å²) in [6.45, 7) is 2.24. The molecule has 1 aromatic heterocycles. The molecule has 1 fully saturated rings. The molecule has 2 aromatic rings. The number of hydrogen-bond acceptors (Lipinski definition) is 3. The number of benzene rings is 1. The summed E-state index contributed by atoms with van der Waals surface area (Å²) in [5.41, 5.74) is 2.14. The molecule has 0 spiro atoms. The van der Waals surface area contributed by atoms with Gasteiger partial charge in [0.25, 0.3) is 0 Å². The second-order valence-corrected chi connectivity index (χ2v) is 6.79. The van der Waals surface area contributed by atoms with Gasteiger partial charge in [-0.25, -0.2) is 0 Å². The van der Waals surface area contributed by atoms with E-state index < -0.39 is 0 Å². The highest BCUT2D eigenvalue weighted by Crippen LogP contribution is 2.35. The smallest absolute Gasteiger partial charge is 0.170 e. The third-order valence-electron chi connectivity index (χ3n) is 4.41. The highest BCUT2D eigenvalue weighted by Gasteiger charge is 2.34. The predicted octanol–water partition coefficient (Wildman–Crippen LogP) is 3.77. The average molecular weight is 362 g/mol. The van der Waals surface area contributed by atoms with Crippen LogP contribution in [-0.4, -0.2) is 29.9 Å². The average Bonchev–Trinajstić information content (AvgIpc) is 2.62. The van der Waals surface area contributed by atoms with Crippen LogP contribution in [0, 0.1) is 0 Å². The van der Waals surface area contributed by atoms with Crippen LogP contribution in [0.1, 0.15) is 18.4 Å². The lowest BCUT2D eigenvalue weighted by atomic mass is 9.74. The van der Waals surface area contributed by atoms with E-state index in [1.54, 1.807) is 12.4 Å². The molecule has 0 unspecified atom stereocenters. The lowest BCUT2D eigenvalue weighted by Crippen LogP contribution is -2.45. The van der Waals surface area contributed by atoms with Gasteiger partial charge in [-0.2, -0.15) is 0 Å². The fraction of sp³-hybridized carbons (Fsp3) is 0.333. The monoisotopic (exact) mass is 361 g/mol. The van der Waals surface area contributed by atoms with E-state index in [1.165, 1.54) is 5.56 Å². The van der Waals surface area contributed by atoms with Crippen molar-refractivity contribution >= 4 is 34.6 Å². The van der Waals surface area contributed by atoms with Crippen molar-refractivity contribution < 1.29 is 4.74 Å². The van der Waals surface area contributed by atoms with E-state index in [2.05, 4.69) is 21.7 Å². The largest absolute Gasteiger partial charge is 0.381 e. The third kappa shape index (κ3) is 4.23. The van der Waals surface area contributed by atoms with Crippen LogP contribution in [0.3, 0.4) is 0 Å². The van der Waals surface area contributed by atoms with Gasteiger partial charge < -0.3 is 15.4 Å². The molecule has 0 bridgehead atoms. The molecule has 1 aromatic carbocycles. The van der Waals surface area contributed by atoms with Crippen LogP contribution >= 0.6 is 23.8 Å². The van der Waals surface area contributed by atoms with Gasteiger partial charge in [0.1, 0.15) is 0 Å². The Bertz CT molecular complexity index is 690. The van der Waals surface area contributed by atoms with Crippen LogP contribution in [0.5, 0.6) is 0 Å². The minimum Gasteiger partial charge on any atom is -0.381 e. The van der Waals surface area contributed by atoms with Gasteiger partial charge in [-0.05, 0) is 54.9 Å². The summed E-state index contributed by atoms with van der Waals surface area (Å²) < 4.78 is 5.56. The maximum Gasteiger partial charge on any atom is 0.170 e. The molecule has 2 N–H and O–H groups in total. The minimum absolute atomic E-state index is 0.0207. The molecule has 3 rings (SSSR count). The molecule has 4 nitrogen and oxygen atoms in total. The van der Waals surface area contributed by atoms with Gasteiger partial charge in [-0.3, -0.25) is 4.98 Å². The first-order chi connectivity index (χ1) is 11.7. The molecule has 126 valence electrons. The fourth-order valence-corrected chi connectivity index (χ4v) is 3.39. The minimum atomic E-state index is -0.0207. The Morgan fingerprint density at radius 3 is 2.67 bits per heavy atom. The Hall–Kier alpha value is -1.69. The van der Waals surface area contributed by atoms with Gasteiger partial charge in [0.05, 0.1) is 0 Å². The van der Waals surface area contributed by atoms with Crippen molar-refractivity contribution in [3.05, 3.63) is 59.4 Å². The van der Waals surface area contributed by atoms with Crippen molar-refractivity contribution in [2.45, 2.75) is 18.3 Å². The van der Waals surface area contributed by atoms with Gasteiger partial charge in [-0.15, -0.1) is 0 Å². The predicted molar refractivity (Wildman–Crippen MR) is 102 cm³/mol. The molecule has 0 amide bonds. The number of thiocarbonyl (C=S) groups is 1. The summed E-state index contributed by atoms with van der Waals surface area (Å²) in [4.78, 5) is 4.00. The normalized spacial score (nSPS) is 16.4. The number of anilines is 1. The maximum absolute atomic E-state index is 6.20. The Morgan fingerprint density at radius 2 is 1.96 bits per heavy atom. The van der Waals surface area contributed by atoms with E-state index in [9.17, 15) is 0 Å². The van der Waals surface area contributed by atoms with Crippen molar-refractivity contribution in [1.82, 2.24) is 10.3 Å². The van der Waals surface area contributed by atoms with E-state index >= 15 is 0 Å². The molecule has 0 atom stereocenters. The van der Waals surface area contributed by atoms with E-state index in [0.717, 1.165) is 43.3 Å². The van der Waals surface area contributed by atoms with Crippen LogP contribution in [-0.2, 0) is 10.2 Å². The summed E-state index contributed by atoms with van der Waals surface area (Å²) in [6.07, 6.45) is 5.35. The van der Waals surface area contributed by atoms with Crippen molar-refractivity contribution in [1.29, 1.82) is 0 Å². The zero-order valence-electron chi connectivity index (χ0n) is 13.3. The summed E-state index contributed by atoms with van der Waals surface area (Å²) >= 11 is 11.6. The molecule has 0 radical (unpaired) electrons. The van der Waals surface area contributed by atoms with Gasteiger partial charge in [-0.1, -0.05) is 23.7 Å². The van der Waals surface area contributed by atoms with Gasteiger partial charge in [0, 0.05) is 48.3 Å². The summed E-state index contributed by atoms with van der Waals surface area (Å²) in [6, 6.07) is 11.9. The van der Waals surface area contributed by atoms with E-state index in [0.29, 0.717) is 5.11 Å². The lowest BCUT2D eigenvalue weighted by molar-refractivity contribution is 0.0515. The Morgan fingerprint density at radius 1 is 1.21 bits per heavy atom. The van der Waals surface area contributed by atoms with Crippen molar-refractivity contribution in [3.63, 3.8) is 0 Å². The highest BCUT2D eigenvalue weighted by atomic mass is 35.5. The van der Waals surface area contributed by atoms with Crippen molar-refractivity contribution in [3.8, 4) is 0 Å². The van der Waals surface area contributed by atoms with Gasteiger partial charge >= 0.3 is 0 Å². The van der Waals surface area contributed by atoms with Gasteiger partial charge in [0.2, 0.25) is 0 Å². The molecular weight excluding hydrogens is 342 g/mol. The number of nitrogens with zero attached hydrogens (tertiary/aromatic N) is 1. The zero-order valence-corrected chi connectivity index (χ0v) is 14.9. The number of hydrogen-bond donors (Lipinski definition) is 2. The molecule has 1 saturated heterocycles. The van der Waals surface area contributed by atoms with Crippen LogP contribution in [0.2, 0.25) is 5.02 Å². The van der Waals surface area contributed by atoms with Gasteiger partial charge in [0.15, 0.2) is 5.11 Å². The number of aromatic nitrogens is 1. The molecule has 0 aliphatic carbocycles. The summed E-state index contributed by atoms with van der Waals surface area (Å²) in [5.74, 6) is 0. The Labute approximate surface area is 152 Å². The molecule has 24 heavy (non-hydrogen) atoms. The quantitative estimate of drug-likeness (QED) is 0.812. The number of nitrogens with one attached hydrogen (secondary N) is 2. The molecular formula is C18H20ClN3OS. The van der Waals surface area contributed by atoms with Crippen LogP contribution in [0.15, 0.2) is 48.8 Å². The number of ether oxygens (including phenoxy) is 1. The topological polar surface area (TPSA) is 46.2 Å². The van der Waals surface area contributed by atoms with E-state index in [1.807, 2.05) is 30.3 Å². The van der Waals surface area contributed by atoms with Crippen molar-refractivity contribution in [2.75, 3.05) is 25.1 Å². The summed E-state index contributed by atoms with van der Waals surface area (Å²) in [7, 11) is 0. The molecule has 2 heterocycles. The third-order valence-corrected chi connectivity index (χ3v) is 4.89. The fourth-order valence-electron chi connectivity index (χ4n) is 3.01. The summed E-state index contributed by atoms with van der Waals surface area (Å²) in [5, 5.41) is 7.91. The zero-order chi connectivity index (χ0) is 16.8. The molecule has 1 aliphatic heterocycles. The highest BCUT2D eigenvalue weighted by molar-refractivity contribution is 7.80. The first-order valence-corrected chi connectivity index (χ1v) is 8.75. The maximum atomic E-state index is 6.20. The lowest BCUT2D eigenvalue weighted by Gasteiger charge is -2.38. The van der Waals surface area contributed by atoms with E-state index in [4.69, 9.17) is 28.6 Å². The van der Waals surface area contributed by atoms with Crippen LogP contribution in [0.25, 0.3) is 0 Å². The molecule has 0 saturated carbocycles. The number of halogens is 1. The second kappa shape index (κ2) is 7.92. The molecule has 1 aliphatic rings. The van der Waals surface area contributed by atoms with E-state index in [-0.39, 0.29) is 5.41 Å². The first kappa shape index (κ1) is 17.1. The Balaban J connectivity index is 1.70. The number of pyridine rings is 1. The first-order valence-electron chi connectivity index (χ1n) is 7.97. The second-order valence-electron chi connectivity index (χ2n) is 5.95. The van der Waals surface area contributed by atoms with Crippen LogP contribution in [0.4, 0.5) is 5.69 Å². The standard InChI is InChI=1S/C18H20ClN3OS/c19-15-3-1-2-14(12-15)18(6-10-23-11-7-18)13-21-17(24)22-16-4-8-20-9-5-16/h1-5,8-9,12H,6-7,10-11,13H2,(H2,20,21,22,24). The number of rotatable bonds is 4. The SMILES string of the molecule is S=C(NCC1(c2cccc(Cl)c2)CCOCC1)Nc1ccncc1.